The van der Waals surface area contributed by atoms with Crippen LogP contribution in [0.1, 0.15) is 50.8 Å². The molecule has 4 aromatic rings. The van der Waals surface area contributed by atoms with Gasteiger partial charge in [-0.3, -0.25) is 14.1 Å². The Balaban J connectivity index is 1.64. The molecule has 0 aliphatic carbocycles. The molecule has 3 heterocycles. The van der Waals surface area contributed by atoms with Crippen LogP contribution in [-0.4, -0.2) is 34.7 Å². The number of hydrogen-bond donors (Lipinski definition) is 1. The van der Waals surface area contributed by atoms with Crippen molar-refractivity contribution in [3.8, 4) is 22.6 Å². The van der Waals surface area contributed by atoms with Gasteiger partial charge in [0, 0.05) is 23.9 Å². The summed E-state index contributed by atoms with van der Waals surface area (Å²) in [5.74, 6) is 0.498. The van der Waals surface area contributed by atoms with E-state index in [0.717, 1.165) is 60.2 Å². The van der Waals surface area contributed by atoms with Gasteiger partial charge in [0.25, 0.3) is 0 Å². The zero-order valence-electron chi connectivity index (χ0n) is 19.0. The molecule has 0 radical (unpaired) electrons. The highest BCUT2D eigenvalue weighted by Gasteiger charge is 2.18. The summed E-state index contributed by atoms with van der Waals surface area (Å²) in [7, 11) is 0. The number of rotatable bonds is 10. The van der Waals surface area contributed by atoms with E-state index in [-0.39, 0.29) is 5.69 Å². The first-order chi connectivity index (χ1) is 16.1. The molecule has 0 aliphatic rings. The molecular formula is C24H28ClN7O. The highest BCUT2D eigenvalue weighted by atomic mass is 35.5. The van der Waals surface area contributed by atoms with Gasteiger partial charge in [-0.25, -0.2) is 4.79 Å². The third kappa shape index (κ3) is 4.90. The molecule has 0 saturated carbocycles. The number of nitrogens with one attached hydrogen (secondary N) is 1. The first-order valence-corrected chi connectivity index (χ1v) is 11.8. The van der Waals surface area contributed by atoms with Gasteiger partial charge in [-0.2, -0.15) is 5.21 Å². The number of aromatic nitrogens is 7. The monoisotopic (exact) mass is 465 g/mol. The maximum Gasteiger partial charge on any atom is 0.329 e. The van der Waals surface area contributed by atoms with E-state index in [2.05, 4.69) is 39.5 Å². The molecule has 0 unspecified atom stereocenters. The number of aromatic amines is 1. The number of pyridine rings is 1. The van der Waals surface area contributed by atoms with Gasteiger partial charge < -0.3 is 0 Å². The second-order valence-electron chi connectivity index (χ2n) is 8.05. The number of halogens is 1. The molecule has 0 saturated heterocycles. The van der Waals surface area contributed by atoms with Crippen LogP contribution in [0.25, 0.3) is 22.6 Å². The summed E-state index contributed by atoms with van der Waals surface area (Å²) >= 11 is 6.66. The minimum atomic E-state index is -0.0345. The lowest BCUT2D eigenvalue weighted by Crippen LogP contribution is -2.25. The minimum Gasteiger partial charge on any atom is -0.290 e. The van der Waals surface area contributed by atoms with Gasteiger partial charge in [0.15, 0.2) is 0 Å². The summed E-state index contributed by atoms with van der Waals surface area (Å²) in [6, 6.07) is 11.8. The largest absolute Gasteiger partial charge is 0.329 e. The van der Waals surface area contributed by atoms with E-state index in [1.165, 1.54) is 0 Å². The maximum absolute atomic E-state index is 13.2. The van der Waals surface area contributed by atoms with Gasteiger partial charge in [-0.15, -0.1) is 10.2 Å². The number of nitrogens with zero attached hydrogens (tertiary/aromatic N) is 6. The van der Waals surface area contributed by atoms with Crippen molar-refractivity contribution in [3.05, 3.63) is 69.5 Å². The van der Waals surface area contributed by atoms with E-state index >= 15 is 0 Å². The Morgan fingerprint density at radius 2 is 1.82 bits per heavy atom. The fourth-order valence-electron chi connectivity index (χ4n) is 3.91. The summed E-state index contributed by atoms with van der Waals surface area (Å²) < 4.78 is 3.55. The Bertz CT molecular complexity index is 1240. The summed E-state index contributed by atoms with van der Waals surface area (Å²) in [5.41, 5.74) is 4.44. The fraction of sp³-hybridized carbons (Fsp3) is 0.375. The first kappa shape index (κ1) is 22.9. The van der Waals surface area contributed by atoms with E-state index in [0.29, 0.717) is 24.1 Å². The molecule has 172 valence electrons. The van der Waals surface area contributed by atoms with Gasteiger partial charge in [-0.1, -0.05) is 62.6 Å². The first-order valence-electron chi connectivity index (χ1n) is 11.4. The molecule has 1 aromatic carbocycles. The van der Waals surface area contributed by atoms with Gasteiger partial charge in [0.2, 0.25) is 5.82 Å². The van der Waals surface area contributed by atoms with Crippen molar-refractivity contribution in [2.45, 2.75) is 59.0 Å². The lowest BCUT2D eigenvalue weighted by molar-refractivity contribution is 0.592. The Morgan fingerprint density at radius 1 is 1.03 bits per heavy atom. The minimum absolute atomic E-state index is 0.0345. The second-order valence-corrected chi connectivity index (χ2v) is 8.40. The third-order valence-corrected chi connectivity index (χ3v) is 6.15. The Morgan fingerprint density at radius 3 is 2.52 bits per heavy atom. The van der Waals surface area contributed by atoms with E-state index < -0.39 is 0 Å². The van der Waals surface area contributed by atoms with E-state index in [1.807, 2.05) is 41.0 Å². The Labute approximate surface area is 197 Å². The van der Waals surface area contributed by atoms with Crippen molar-refractivity contribution >= 4 is 11.6 Å². The fourth-order valence-corrected chi connectivity index (χ4v) is 4.26. The molecule has 0 spiro atoms. The highest BCUT2D eigenvalue weighted by Crippen LogP contribution is 2.28. The van der Waals surface area contributed by atoms with Crippen molar-refractivity contribution in [1.29, 1.82) is 0 Å². The predicted molar refractivity (Wildman–Crippen MR) is 129 cm³/mol. The standard InChI is InChI=1S/C24H28ClN7O/c1-3-5-9-20-22(25)31(15-6-4-2)24(33)32(20)16-17-10-12-18(13-11-17)21-19(8-7-14-26-21)23-27-29-30-28-23/h7-8,10-14H,3-6,9,15-16H2,1-2H3,(H,27,28,29,30). The second kappa shape index (κ2) is 10.6. The number of hydrogen-bond acceptors (Lipinski definition) is 5. The Hall–Kier alpha value is -3.26. The lowest BCUT2D eigenvalue weighted by atomic mass is 10.0. The molecule has 1 N–H and O–H groups in total. The number of unbranched alkanes of at least 4 members (excludes halogenated alkanes) is 2. The summed E-state index contributed by atoms with van der Waals surface area (Å²) in [6.45, 7) is 5.39. The Kier molecular flexibility index (Phi) is 7.34. The van der Waals surface area contributed by atoms with Gasteiger partial charge in [0.1, 0.15) is 5.15 Å². The van der Waals surface area contributed by atoms with Crippen molar-refractivity contribution in [2.24, 2.45) is 0 Å². The summed E-state index contributed by atoms with van der Waals surface area (Å²) in [6.07, 6.45) is 6.52. The molecule has 4 rings (SSSR count). The van der Waals surface area contributed by atoms with Crippen molar-refractivity contribution in [3.63, 3.8) is 0 Å². The van der Waals surface area contributed by atoms with Crippen molar-refractivity contribution in [1.82, 2.24) is 34.7 Å². The number of benzene rings is 1. The molecule has 3 aromatic heterocycles. The van der Waals surface area contributed by atoms with E-state index in [1.54, 1.807) is 10.8 Å². The average Bonchev–Trinajstić information content (AvgIpc) is 3.45. The van der Waals surface area contributed by atoms with E-state index in [9.17, 15) is 4.79 Å². The quantitative estimate of drug-likeness (QED) is 0.365. The van der Waals surface area contributed by atoms with Crippen LogP contribution in [-0.2, 0) is 19.5 Å². The number of imidazole rings is 1. The lowest BCUT2D eigenvalue weighted by Gasteiger charge is -2.09. The highest BCUT2D eigenvalue weighted by molar-refractivity contribution is 6.30. The molecule has 8 nitrogen and oxygen atoms in total. The van der Waals surface area contributed by atoms with Crippen LogP contribution in [0.3, 0.4) is 0 Å². The molecule has 0 amide bonds. The van der Waals surface area contributed by atoms with E-state index in [4.69, 9.17) is 11.6 Å². The zero-order chi connectivity index (χ0) is 23.2. The molecule has 0 atom stereocenters. The molecule has 0 bridgehead atoms. The van der Waals surface area contributed by atoms with Gasteiger partial charge in [-0.05, 0) is 42.2 Å². The van der Waals surface area contributed by atoms with Gasteiger partial charge >= 0.3 is 5.69 Å². The number of H-pyrrole nitrogens is 1. The topological polar surface area (TPSA) is 94.3 Å². The van der Waals surface area contributed by atoms with Gasteiger partial charge in [0.05, 0.1) is 17.9 Å². The van der Waals surface area contributed by atoms with Crippen molar-refractivity contribution < 1.29 is 0 Å². The maximum atomic E-state index is 13.2. The van der Waals surface area contributed by atoms with Crippen LogP contribution in [0, 0.1) is 0 Å². The van der Waals surface area contributed by atoms with Crippen LogP contribution < -0.4 is 5.69 Å². The molecular weight excluding hydrogens is 438 g/mol. The third-order valence-electron chi connectivity index (χ3n) is 5.73. The summed E-state index contributed by atoms with van der Waals surface area (Å²) in [4.78, 5) is 17.7. The predicted octanol–water partition coefficient (Wildman–Crippen LogP) is 4.74. The smallest absolute Gasteiger partial charge is 0.290 e. The SMILES string of the molecule is CCCCc1c(Cl)n(CCCC)c(=O)n1Cc1ccc(-c2ncccc2-c2nn[nH]n2)cc1. The van der Waals surface area contributed by atoms with Crippen LogP contribution in [0.15, 0.2) is 47.4 Å². The molecule has 0 fully saturated rings. The van der Waals surface area contributed by atoms with Crippen LogP contribution in [0.4, 0.5) is 0 Å². The average molecular weight is 466 g/mol. The van der Waals surface area contributed by atoms with Crippen LogP contribution in [0.5, 0.6) is 0 Å². The zero-order valence-corrected chi connectivity index (χ0v) is 19.7. The van der Waals surface area contributed by atoms with Crippen LogP contribution in [0.2, 0.25) is 5.15 Å². The normalized spacial score (nSPS) is 11.2. The van der Waals surface area contributed by atoms with Crippen LogP contribution >= 0.6 is 11.6 Å². The molecule has 0 aliphatic heterocycles. The number of tetrazole rings is 1. The molecule has 33 heavy (non-hydrogen) atoms. The summed E-state index contributed by atoms with van der Waals surface area (Å²) in [5, 5.41) is 14.9. The molecule has 9 heteroatoms. The van der Waals surface area contributed by atoms with Crippen molar-refractivity contribution in [2.75, 3.05) is 0 Å².